The van der Waals surface area contributed by atoms with Gasteiger partial charge in [0, 0.05) is 17.7 Å². The van der Waals surface area contributed by atoms with Crippen LogP contribution >= 0.6 is 0 Å². The number of non-ortho nitro benzene ring substituents is 1. The highest BCUT2D eigenvalue weighted by Crippen LogP contribution is 2.44. The Balaban J connectivity index is 1.64. The van der Waals surface area contributed by atoms with Gasteiger partial charge in [0.25, 0.3) is 5.69 Å². The zero-order valence-corrected chi connectivity index (χ0v) is 17.3. The third-order valence-corrected chi connectivity index (χ3v) is 6.59. The molecule has 2 aromatic rings. The summed E-state index contributed by atoms with van der Waals surface area (Å²) in [6, 6.07) is 17.1. The molecular formula is C23H26N5O3+. The van der Waals surface area contributed by atoms with Crippen LogP contribution in [0.15, 0.2) is 70.5 Å². The second-order valence-corrected chi connectivity index (χ2v) is 8.26. The fourth-order valence-corrected chi connectivity index (χ4v) is 5.22. The Hall–Kier alpha value is -3.10. The van der Waals surface area contributed by atoms with E-state index in [2.05, 4.69) is 35.6 Å². The van der Waals surface area contributed by atoms with Crippen molar-refractivity contribution in [2.24, 2.45) is 10.3 Å². The van der Waals surface area contributed by atoms with Crippen LogP contribution in [-0.2, 0) is 4.74 Å². The van der Waals surface area contributed by atoms with Crippen LogP contribution in [0.1, 0.15) is 24.8 Å². The number of nitro groups is 1. The Morgan fingerprint density at radius 3 is 2.58 bits per heavy atom. The van der Waals surface area contributed by atoms with Gasteiger partial charge in [-0.1, -0.05) is 35.6 Å². The standard InChI is InChI=1S/C23H25N5O3/c29-28(30)21-11-9-20(10-12-21)27-23(26-13-15-31-16-14-26)19(7-4-8-22(23)24-25-27)17-18-5-2-1-3-6-18/h1-3,5-6,9-12,17,22H,4,7-8,13-16H2/p+1/b19-17+/t22-,23-/m1/s1. The Bertz CT molecular complexity index is 1000. The molecule has 0 radical (unpaired) electrons. The van der Waals surface area contributed by atoms with Gasteiger partial charge in [-0.2, -0.15) is 10.1 Å². The summed E-state index contributed by atoms with van der Waals surface area (Å²) in [4.78, 5) is 12.2. The van der Waals surface area contributed by atoms with Gasteiger partial charge in [0.1, 0.15) is 13.1 Å². The number of benzene rings is 2. The predicted molar refractivity (Wildman–Crippen MR) is 117 cm³/mol. The Labute approximate surface area is 180 Å². The van der Waals surface area contributed by atoms with Crippen molar-refractivity contribution in [1.82, 2.24) is 0 Å². The number of hydrogen-bond acceptors (Lipinski definition) is 6. The van der Waals surface area contributed by atoms with E-state index in [4.69, 9.17) is 9.85 Å². The summed E-state index contributed by atoms with van der Waals surface area (Å²) in [5, 5.41) is 22.6. The molecule has 160 valence electrons. The van der Waals surface area contributed by atoms with Crippen LogP contribution in [0.25, 0.3) is 6.08 Å². The van der Waals surface area contributed by atoms with Crippen molar-refractivity contribution < 1.29 is 14.6 Å². The van der Waals surface area contributed by atoms with Gasteiger partial charge in [-0.15, -0.1) is 0 Å². The van der Waals surface area contributed by atoms with E-state index >= 15 is 0 Å². The summed E-state index contributed by atoms with van der Waals surface area (Å²) >= 11 is 0. The molecule has 2 aromatic carbocycles. The van der Waals surface area contributed by atoms with E-state index in [0.717, 1.165) is 38.0 Å². The first-order valence-corrected chi connectivity index (χ1v) is 10.8. The number of ether oxygens (including phenoxy) is 1. The Morgan fingerprint density at radius 1 is 1.13 bits per heavy atom. The number of anilines is 1. The number of nitrogens with one attached hydrogen (secondary N) is 1. The molecule has 1 aliphatic carbocycles. The molecule has 2 fully saturated rings. The zero-order valence-electron chi connectivity index (χ0n) is 17.3. The number of rotatable bonds is 4. The van der Waals surface area contributed by atoms with Crippen LogP contribution < -0.4 is 9.91 Å². The molecule has 0 amide bonds. The predicted octanol–water partition coefficient (Wildman–Crippen LogP) is 3.03. The van der Waals surface area contributed by atoms with Crippen molar-refractivity contribution in [3.05, 3.63) is 75.8 Å². The lowest BCUT2D eigenvalue weighted by Gasteiger charge is -2.49. The van der Waals surface area contributed by atoms with Crippen LogP contribution in [0.3, 0.4) is 0 Å². The number of fused-ring (bicyclic) bond motifs is 1. The molecule has 1 saturated carbocycles. The maximum absolute atomic E-state index is 11.2. The quantitative estimate of drug-likeness (QED) is 0.609. The van der Waals surface area contributed by atoms with Crippen LogP contribution in [0.2, 0.25) is 0 Å². The average Bonchev–Trinajstić information content (AvgIpc) is 3.22. The molecule has 3 aliphatic rings. The highest BCUT2D eigenvalue weighted by molar-refractivity contribution is 5.61. The summed E-state index contributed by atoms with van der Waals surface area (Å²) in [6.45, 7) is 3.15. The highest BCUT2D eigenvalue weighted by Gasteiger charge is 2.61. The van der Waals surface area contributed by atoms with Gasteiger partial charge in [0.15, 0.2) is 6.04 Å². The molecule has 0 aromatic heterocycles. The first-order valence-electron chi connectivity index (χ1n) is 10.8. The van der Waals surface area contributed by atoms with Crippen molar-refractivity contribution in [2.75, 3.05) is 31.3 Å². The van der Waals surface area contributed by atoms with E-state index < -0.39 is 5.66 Å². The minimum absolute atomic E-state index is 0.0412. The third kappa shape index (κ3) is 3.41. The van der Waals surface area contributed by atoms with Crippen molar-refractivity contribution >= 4 is 17.5 Å². The second-order valence-electron chi connectivity index (χ2n) is 8.26. The van der Waals surface area contributed by atoms with Gasteiger partial charge in [-0.05, 0) is 43.0 Å². The smallest absolute Gasteiger partial charge is 0.269 e. The number of hydrogen-bond donors (Lipinski definition) is 1. The molecule has 8 heteroatoms. The van der Waals surface area contributed by atoms with E-state index in [1.807, 2.05) is 11.1 Å². The Kier molecular flexibility index (Phi) is 5.25. The van der Waals surface area contributed by atoms with E-state index in [-0.39, 0.29) is 16.7 Å². The lowest BCUT2D eigenvalue weighted by Crippen LogP contribution is -3.25. The first-order chi connectivity index (χ1) is 15.2. The summed E-state index contributed by atoms with van der Waals surface area (Å²) < 4.78 is 5.68. The minimum atomic E-state index is -0.437. The van der Waals surface area contributed by atoms with Gasteiger partial charge >= 0.3 is 0 Å². The van der Waals surface area contributed by atoms with E-state index in [0.29, 0.717) is 13.2 Å². The molecule has 0 spiro atoms. The molecule has 0 bridgehead atoms. The molecule has 31 heavy (non-hydrogen) atoms. The van der Waals surface area contributed by atoms with Crippen LogP contribution in [-0.4, -0.2) is 42.9 Å². The minimum Gasteiger partial charge on any atom is -0.370 e. The maximum Gasteiger partial charge on any atom is 0.269 e. The van der Waals surface area contributed by atoms with Gasteiger partial charge in [-0.25, -0.2) is 0 Å². The number of nitrogens with zero attached hydrogens (tertiary/aromatic N) is 4. The SMILES string of the molecule is O=[N+]([O-])c1ccc(N2N=N[C@@H]3CCC/C(=C\c4ccccc4)[C@]32[NH+]2CCOCC2)cc1. The average molecular weight is 420 g/mol. The summed E-state index contributed by atoms with van der Waals surface area (Å²) in [7, 11) is 0. The number of morpholine rings is 1. The van der Waals surface area contributed by atoms with E-state index in [1.54, 1.807) is 24.3 Å². The molecule has 2 atom stereocenters. The van der Waals surface area contributed by atoms with Gasteiger partial charge in [0.05, 0.1) is 23.8 Å². The van der Waals surface area contributed by atoms with Crippen molar-refractivity contribution in [1.29, 1.82) is 0 Å². The summed E-state index contributed by atoms with van der Waals surface area (Å²) in [5.74, 6) is 0. The van der Waals surface area contributed by atoms with Crippen molar-refractivity contribution in [3.63, 3.8) is 0 Å². The molecular weight excluding hydrogens is 394 g/mol. The van der Waals surface area contributed by atoms with E-state index in [1.165, 1.54) is 16.0 Å². The number of quaternary nitrogens is 1. The monoisotopic (exact) mass is 420 g/mol. The van der Waals surface area contributed by atoms with Crippen LogP contribution in [0.4, 0.5) is 11.4 Å². The van der Waals surface area contributed by atoms with Gasteiger partial charge < -0.3 is 9.64 Å². The van der Waals surface area contributed by atoms with Crippen molar-refractivity contribution in [3.8, 4) is 0 Å². The fraction of sp³-hybridized carbons (Fsp3) is 0.391. The topological polar surface area (TPSA) is 84.8 Å². The van der Waals surface area contributed by atoms with Crippen LogP contribution in [0.5, 0.6) is 0 Å². The molecule has 5 rings (SSSR count). The Morgan fingerprint density at radius 2 is 1.87 bits per heavy atom. The third-order valence-electron chi connectivity index (χ3n) is 6.59. The summed E-state index contributed by atoms with van der Waals surface area (Å²) in [6.07, 6.45) is 5.32. The zero-order chi connectivity index (χ0) is 21.3. The fourth-order valence-electron chi connectivity index (χ4n) is 5.22. The van der Waals surface area contributed by atoms with Crippen LogP contribution in [0, 0.1) is 10.1 Å². The molecule has 2 heterocycles. The normalized spacial score (nSPS) is 27.4. The largest absolute Gasteiger partial charge is 0.370 e. The van der Waals surface area contributed by atoms with E-state index in [9.17, 15) is 10.1 Å². The highest BCUT2D eigenvalue weighted by atomic mass is 16.6. The first kappa shape index (κ1) is 19.8. The molecule has 2 aliphatic heterocycles. The molecule has 1 N–H and O–H groups in total. The lowest BCUT2D eigenvalue weighted by atomic mass is 9.77. The summed E-state index contributed by atoms with van der Waals surface area (Å²) in [5.41, 5.74) is 2.95. The van der Waals surface area contributed by atoms with Gasteiger partial charge in [-0.3, -0.25) is 10.1 Å². The van der Waals surface area contributed by atoms with Gasteiger partial charge in [0.2, 0.25) is 5.66 Å². The molecule has 1 saturated heterocycles. The number of nitro benzene ring substituents is 1. The maximum atomic E-state index is 11.2. The van der Waals surface area contributed by atoms with Crippen molar-refractivity contribution in [2.45, 2.75) is 31.0 Å². The molecule has 8 nitrogen and oxygen atoms in total. The second kappa shape index (κ2) is 8.20. The lowest BCUT2D eigenvalue weighted by molar-refractivity contribution is -0.954. The molecule has 0 unspecified atom stereocenters.